The Kier molecular flexibility index (Phi) is 6.05. The van der Waals surface area contributed by atoms with E-state index in [1.54, 1.807) is 44.4 Å². The molecule has 2 aromatic heterocycles. The van der Waals surface area contributed by atoms with Crippen LogP contribution in [0.4, 0.5) is 0 Å². The first kappa shape index (κ1) is 19.2. The maximum absolute atomic E-state index is 11.9. The number of carbonyl (C=O) groups is 2. The third kappa shape index (κ3) is 4.76. The van der Waals surface area contributed by atoms with E-state index in [-0.39, 0.29) is 24.6 Å². The molecule has 0 aliphatic rings. The predicted octanol–water partition coefficient (Wildman–Crippen LogP) is 2.76. The van der Waals surface area contributed by atoms with Gasteiger partial charge in [-0.25, -0.2) is 0 Å². The summed E-state index contributed by atoms with van der Waals surface area (Å²) in [4.78, 5) is 23.7. The molecule has 1 N–H and O–H groups in total. The van der Waals surface area contributed by atoms with Crippen molar-refractivity contribution in [3.63, 3.8) is 0 Å². The first-order valence-electron chi connectivity index (χ1n) is 8.56. The van der Waals surface area contributed by atoms with Crippen molar-refractivity contribution in [1.29, 1.82) is 0 Å². The molecular formula is C19H19N3O6. The zero-order chi connectivity index (χ0) is 19.9. The second kappa shape index (κ2) is 8.85. The number of aromatic nitrogens is 2. The molecule has 0 aliphatic heterocycles. The fraction of sp³-hybridized carbons (Fsp3) is 0.263. The number of amides is 1. The van der Waals surface area contributed by atoms with Crippen LogP contribution in [-0.2, 0) is 9.53 Å². The number of furan rings is 1. The van der Waals surface area contributed by atoms with Gasteiger partial charge in [0.1, 0.15) is 5.75 Å². The summed E-state index contributed by atoms with van der Waals surface area (Å²) in [6.45, 7) is 1.75. The molecule has 9 heteroatoms. The van der Waals surface area contributed by atoms with Gasteiger partial charge in [-0.05, 0) is 43.3 Å². The lowest BCUT2D eigenvalue weighted by Gasteiger charge is -2.09. The van der Waals surface area contributed by atoms with Gasteiger partial charge in [0.15, 0.2) is 11.9 Å². The molecule has 3 aromatic rings. The number of nitrogens with one attached hydrogen (secondary N) is 1. The van der Waals surface area contributed by atoms with Crippen molar-refractivity contribution in [2.75, 3.05) is 13.7 Å². The van der Waals surface area contributed by atoms with Crippen molar-refractivity contribution < 1.29 is 27.9 Å². The SMILES string of the molecule is COc1ccc(-c2nnc([C@@H](C)OC(=O)CCNC(=O)c3ccco3)o2)cc1. The van der Waals surface area contributed by atoms with Crippen LogP contribution in [0.3, 0.4) is 0 Å². The summed E-state index contributed by atoms with van der Waals surface area (Å²) >= 11 is 0. The number of methoxy groups -OCH3 is 1. The Labute approximate surface area is 160 Å². The van der Waals surface area contributed by atoms with Gasteiger partial charge in [-0.3, -0.25) is 9.59 Å². The van der Waals surface area contributed by atoms with Gasteiger partial charge < -0.3 is 23.6 Å². The number of rotatable bonds is 8. The van der Waals surface area contributed by atoms with Gasteiger partial charge in [0.05, 0.1) is 19.8 Å². The number of benzene rings is 1. The predicted molar refractivity (Wildman–Crippen MR) is 96.5 cm³/mol. The van der Waals surface area contributed by atoms with Crippen LogP contribution in [0.2, 0.25) is 0 Å². The standard InChI is InChI=1S/C19H19N3O6/c1-12(27-16(23)9-10-20-17(24)15-4-3-11-26-15)18-21-22-19(28-18)13-5-7-14(25-2)8-6-13/h3-8,11-12H,9-10H2,1-2H3,(H,20,24)/t12-/m1/s1. The molecule has 3 rings (SSSR count). The minimum absolute atomic E-state index is 0.00371. The fourth-order valence-corrected chi connectivity index (χ4v) is 2.33. The van der Waals surface area contributed by atoms with Crippen LogP contribution in [0.1, 0.15) is 35.9 Å². The average molecular weight is 385 g/mol. The molecule has 28 heavy (non-hydrogen) atoms. The molecule has 1 aromatic carbocycles. The number of hydrogen-bond donors (Lipinski definition) is 1. The van der Waals surface area contributed by atoms with E-state index in [1.165, 1.54) is 12.3 Å². The zero-order valence-corrected chi connectivity index (χ0v) is 15.4. The Morgan fingerprint density at radius 1 is 1.18 bits per heavy atom. The summed E-state index contributed by atoms with van der Waals surface area (Å²) in [5.41, 5.74) is 0.721. The summed E-state index contributed by atoms with van der Waals surface area (Å²) in [5, 5.41) is 10.5. The Bertz CT molecular complexity index is 918. The van der Waals surface area contributed by atoms with Crippen LogP contribution in [0.5, 0.6) is 5.75 Å². The highest BCUT2D eigenvalue weighted by atomic mass is 16.6. The van der Waals surface area contributed by atoms with E-state index in [0.717, 1.165) is 5.56 Å². The maximum atomic E-state index is 11.9. The largest absolute Gasteiger partial charge is 0.497 e. The summed E-state index contributed by atoms with van der Waals surface area (Å²) < 4.78 is 20.9. The van der Waals surface area contributed by atoms with Gasteiger partial charge in [-0.15, -0.1) is 10.2 Å². The third-order valence-corrected chi connectivity index (χ3v) is 3.79. The number of nitrogens with zero attached hydrogens (tertiary/aromatic N) is 2. The monoisotopic (exact) mass is 385 g/mol. The van der Waals surface area contributed by atoms with Crippen LogP contribution in [0.25, 0.3) is 11.5 Å². The second-order valence-corrected chi connectivity index (χ2v) is 5.79. The van der Waals surface area contributed by atoms with E-state index in [9.17, 15) is 9.59 Å². The summed E-state index contributed by atoms with van der Waals surface area (Å²) in [5.74, 6) is 0.483. The summed E-state index contributed by atoms with van der Waals surface area (Å²) in [7, 11) is 1.58. The first-order chi connectivity index (χ1) is 13.6. The van der Waals surface area contributed by atoms with E-state index < -0.39 is 18.0 Å². The van der Waals surface area contributed by atoms with Gasteiger partial charge in [-0.1, -0.05) is 0 Å². The average Bonchev–Trinajstić information content (AvgIpc) is 3.40. The lowest BCUT2D eigenvalue weighted by atomic mass is 10.2. The lowest BCUT2D eigenvalue weighted by molar-refractivity contribution is -0.149. The van der Waals surface area contributed by atoms with E-state index in [2.05, 4.69) is 15.5 Å². The molecule has 0 bridgehead atoms. The Hall–Kier alpha value is -3.62. The molecule has 0 aliphatic carbocycles. The molecule has 0 radical (unpaired) electrons. The Balaban J connectivity index is 1.48. The molecule has 9 nitrogen and oxygen atoms in total. The smallest absolute Gasteiger partial charge is 0.308 e. The van der Waals surface area contributed by atoms with E-state index >= 15 is 0 Å². The van der Waals surface area contributed by atoms with Gasteiger partial charge in [-0.2, -0.15) is 0 Å². The molecule has 0 unspecified atom stereocenters. The Morgan fingerprint density at radius 3 is 2.64 bits per heavy atom. The minimum atomic E-state index is -0.715. The molecule has 0 saturated heterocycles. The first-order valence-corrected chi connectivity index (χ1v) is 8.56. The van der Waals surface area contributed by atoms with Crippen LogP contribution < -0.4 is 10.1 Å². The minimum Gasteiger partial charge on any atom is -0.497 e. The van der Waals surface area contributed by atoms with E-state index in [0.29, 0.717) is 11.6 Å². The van der Waals surface area contributed by atoms with Gasteiger partial charge in [0, 0.05) is 12.1 Å². The van der Waals surface area contributed by atoms with Crippen LogP contribution in [0.15, 0.2) is 51.5 Å². The molecule has 1 atom stereocenters. The van der Waals surface area contributed by atoms with Crippen LogP contribution in [-0.4, -0.2) is 35.7 Å². The number of carbonyl (C=O) groups excluding carboxylic acids is 2. The normalized spacial score (nSPS) is 11.6. The second-order valence-electron chi connectivity index (χ2n) is 5.79. The van der Waals surface area contributed by atoms with E-state index in [1.807, 2.05) is 0 Å². The third-order valence-electron chi connectivity index (χ3n) is 3.79. The highest BCUT2D eigenvalue weighted by Crippen LogP contribution is 2.24. The summed E-state index contributed by atoms with van der Waals surface area (Å²) in [6.07, 6.45) is 0.680. The molecule has 0 fully saturated rings. The van der Waals surface area contributed by atoms with Crippen molar-refractivity contribution >= 4 is 11.9 Å². The van der Waals surface area contributed by atoms with Crippen molar-refractivity contribution in [3.8, 4) is 17.2 Å². The highest BCUT2D eigenvalue weighted by Gasteiger charge is 2.19. The van der Waals surface area contributed by atoms with Gasteiger partial charge >= 0.3 is 5.97 Å². The lowest BCUT2D eigenvalue weighted by Crippen LogP contribution is -2.26. The highest BCUT2D eigenvalue weighted by molar-refractivity contribution is 5.91. The quantitative estimate of drug-likeness (QED) is 0.588. The molecule has 1 amide bonds. The zero-order valence-electron chi connectivity index (χ0n) is 15.4. The molecule has 2 heterocycles. The maximum Gasteiger partial charge on any atom is 0.308 e. The molecule has 0 spiro atoms. The molecular weight excluding hydrogens is 366 g/mol. The van der Waals surface area contributed by atoms with Crippen LogP contribution in [0, 0.1) is 0 Å². The number of hydrogen-bond acceptors (Lipinski definition) is 8. The van der Waals surface area contributed by atoms with Crippen molar-refractivity contribution in [2.45, 2.75) is 19.4 Å². The Morgan fingerprint density at radius 2 is 1.96 bits per heavy atom. The fourth-order valence-electron chi connectivity index (χ4n) is 2.33. The topological polar surface area (TPSA) is 117 Å². The van der Waals surface area contributed by atoms with Gasteiger partial charge in [0.2, 0.25) is 5.89 Å². The van der Waals surface area contributed by atoms with E-state index in [4.69, 9.17) is 18.3 Å². The molecule has 146 valence electrons. The number of esters is 1. The van der Waals surface area contributed by atoms with Gasteiger partial charge in [0.25, 0.3) is 11.8 Å². The number of ether oxygens (including phenoxy) is 2. The molecule has 0 saturated carbocycles. The van der Waals surface area contributed by atoms with Crippen molar-refractivity contribution in [1.82, 2.24) is 15.5 Å². The van der Waals surface area contributed by atoms with Crippen molar-refractivity contribution in [2.24, 2.45) is 0 Å². The van der Waals surface area contributed by atoms with Crippen LogP contribution >= 0.6 is 0 Å². The van der Waals surface area contributed by atoms with Crippen molar-refractivity contribution in [3.05, 3.63) is 54.3 Å². The summed E-state index contributed by atoms with van der Waals surface area (Å²) in [6, 6.07) is 10.3.